The SMILES string of the molecule is Cc1cccc(C)c1NCCCC1CCCO1. The zero-order valence-corrected chi connectivity index (χ0v) is 11.0. The van der Waals surface area contributed by atoms with Gasteiger partial charge in [0, 0.05) is 18.8 Å². The summed E-state index contributed by atoms with van der Waals surface area (Å²) in [5, 5.41) is 3.55. The van der Waals surface area contributed by atoms with Crippen LogP contribution in [0.1, 0.15) is 36.8 Å². The number of benzene rings is 1. The molecule has 17 heavy (non-hydrogen) atoms. The predicted molar refractivity (Wildman–Crippen MR) is 72.6 cm³/mol. The molecule has 1 atom stereocenters. The highest BCUT2D eigenvalue weighted by Crippen LogP contribution is 2.20. The average Bonchev–Trinajstić information content (AvgIpc) is 2.80. The van der Waals surface area contributed by atoms with Gasteiger partial charge in [0.15, 0.2) is 0 Å². The fourth-order valence-corrected chi connectivity index (χ4v) is 2.51. The Balaban J connectivity index is 1.74. The van der Waals surface area contributed by atoms with Crippen LogP contribution in [0, 0.1) is 13.8 Å². The lowest BCUT2D eigenvalue weighted by atomic mass is 10.1. The summed E-state index contributed by atoms with van der Waals surface area (Å²) in [6, 6.07) is 6.44. The second kappa shape index (κ2) is 6.06. The summed E-state index contributed by atoms with van der Waals surface area (Å²) < 4.78 is 5.62. The first-order valence-corrected chi connectivity index (χ1v) is 6.69. The number of hydrogen-bond acceptors (Lipinski definition) is 2. The van der Waals surface area contributed by atoms with Crippen molar-refractivity contribution in [1.29, 1.82) is 0 Å². The smallest absolute Gasteiger partial charge is 0.0576 e. The molecule has 0 radical (unpaired) electrons. The van der Waals surface area contributed by atoms with Gasteiger partial charge in [-0.15, -0.1) is 0 Å². The Labute approximate surface area is 104 Å². The number of para-hydroxylation sites is 1. The minimum Gasteiger partial charge on any atom is -0.385 e. The molecule has 1 saturated heterocycles. The van der Waals surface area contributed by atoms with E-state index in [2.05, 4.69) is 37.4 Å². The summed E-state index contributed by atoms with van der Waals surface area (Å²) in [7, 11) is 0. The van der Waals surface area contributed by atoms with Crippen molar-refractivity contribution in [2.45, 2.75) is 45.6 Å². The van der Waals surface area contributed by atoms with Crippen molar-refractivity contribution >= 4 is 5.69 Å². The average molecular weight is 233 g/mol. The lowest BCUT2D eigenvalue weighted by Gasteiger charge is -2.13. The molecule has 1 heterocycles. The van der Waals surface area contributed by atoms with Gasteiger partial charge in [-0.1, -0.05) is 18.2 Å². The van der Waals surface area contributed by atoms with Gasteiger partial charge in [-0.2, -0.15) is 0 Å². The zero-order chi connectivity index (χ0) is 12.1. The molecule has 0 amide bonds. The lowest BCUT2D eigenvalue weighted by molar-refractivity contribution is 0.103. The fraction of sp³-hybridized carbons (Fsp3) is 0.600. The summed E-state index contributed by atoms with van der Waals surface area (Å²) in [4.78, 5) is 0. The molecular weight excluding hydrogens is 210 g/mol. The molecule has 0 saturated carbocycles. The van der Waals surface area contributed by atoms with Crippen LogP contribution < -0.4 is 5.32 Å². The van der Waals surface area contributed by atoms with Gasteiger partial charge in [-0.05, 0) is 50.7 Å². The molecule has 1 aromatic rings. The highest BCUT2D eigenvalue weighted by molar-refractivity contribution is 5.56. The third-order valence-corrected chi connectivity index (χ3v) is 3.51. The lowest BCUT2D eigenvalue weighted by Crippen LogP contribution is -2.10. The maximum Gasteiger partial charge on any atom is 0.0576 e. The second-order valence-corrected chi connectivity index (χ2v) is 4.97. The Morgan fingerprint density at radius 3 is 2.71 bits per heavy atom. The van der Waals surface area contributed by atoms with Crippen molar-refractivity contribution in [1.82, 2.24) is 0 Å². The maximum atomic E-state index is 5.62. The molecule has 2 heteroatoms. The normalized spacial score (nSPS) is 19.5. The Bertz CT molecular complexity index is 336. The molecule has 94 valence electrons. The van der Waals surface area contributed by atoms with E-state index in [0.717, 1.165) is 13.2 Å². The molecule has 1 N–H and O–H groups in total. The molecule has 2 nitrogen and oxygen atoms in total. The molecule has 2 rings (SSSR count). The predicted octanol–water partition coefficient (Wildman–Crippen LogP) is 3.67. The summed E-state index contributed by atoms with van der Waals surface area (Å²) in [6.07, 6.45) is 5.41. The van der Waals surface area contributed by atoms with Gasteiger partial charge in [0.25, 0.3) is 0 Å². The minimum absolute atomic E-state index is 0.523. The quantitative estimate of drug-likeness (QED) is 0.783. The first-order valence-electron chi connectivity index (χ1n) is 6.69. The summed E-state index contributed by atoms with van der Waals surface area (Å²) in [5.74, 6) is 0. The van der Waals surface area contributed by atoms with E-state index in [1.54, 1.807) is 0 Å². The fourth-order valence-electron chi connectivity index (χ4n) is 2.51. The largest absolute Gasteiger partial charge is 0.385 e. The number of nitrogens with one attached hydrogen (secondary N) is 1. The van der Waals surface area contributed by atoms with Gasteiger partial charge in [0.2, 0.25) is 0 Å². The van der Waals surface area contributed by atoms with E-state index < -0.39 is 0 Å². The molecule has 0 aromatic heterocycles. The van der Waals surface area contributed by atoms with Crippen LogP contribution in [-0.2, 0) is 4.74 Å². The van der Waals surface area contributed by atoms with Crippen LogP contribution in [-0.4, -0.2) is 19.3 Å². The van der Waals surface area contributed by atoms with Crippen LogP contribution in [0.5, 0.6) is 0 Å². The molecule has 1 unspecified atom stereocenters. The zero-order valence-electron chi connectivity index (χ0n) is 11.0. The van der Waals surface area contributed by atoms with E-state index >= 15 is 0 Å². The number of ether oxygens (including phenoxy) is 1. The van der Waals surface area contributed by atoms with Gasteiger partial charge in [-0.3, -0.25) is 0 Å². The van der Waals surface area contributed by atoms with Crippen molar-refractivity contribution < 1.29 is 4.74 Å². The molecule has 0 bridgehead atoms. The third-order valence-electron chi connectivity index (χ3n) is 3.51. The topological polar surface area (TPSA) is 21.3 Å². The van der Waals surface area contributed by atoms with Crippen molar-refractivity contribution in [2.24, 2.45) is 0 Å². The minimum atomic E-state index is 0.523. The Hall–Kier alpha value is -1.02. The monoisotopic (exact) mass is 233 g/mol. The van der Waals surface area contributed by atoms with Gasteiger partial charge in [0.05, 0.1) is 6.10 Å². The Morgan fingerprint density at radius 1 is 1.29 bits per heavy atom. The van der Waals surface area contributed by atoms with E-state index in [4.69, 9.17) is 4.74 Å². The van der Waals surface area contributed by atoms with E-state index in [1.807, 2.05) is 0 Å². The van der Waals surface area contributed by atoms with Crippen LogP contribution in [0.4, 0.5) is 5.69 Å². The molecule has 1 aliphatic rings. The van der Waals surface area contributed by atoms with Crippen LogP contribution in [0.25, 0.3) is 0 Å². The maximum absolute atomic E-state index is 5.62. The number of hydrogen-bond donors (Lipinski definition) is 1. The van der Waals surface area contributed by atoms with Crippen LogP contribution in [0.2, 0.25) is 0 Å². The van der Waals surface area contributed by atoms with Gasteiger partial charge >= 0.3 is 0 Å². The van der Waals surface area contributed by atoms with Gasteiger partial charge in [0.1, 0.15) is 0 Å². The van der Waals surface area contributed by atoms with E-state index in [0.29, 0.717) is 6.10 Å². The molecule has 1 aliphatic heterocycles. The van der Waals surface area contributed by atoms with Crippen LogP contribution in [0.3, 0.4) is 0 Å². The highest BCUT2D eigenvalue weighted by Gasteiger charge is 2.14. The number of rotatable bonds is 5. The standard InChI is InChI=1S/C15H23NO/c1-12-6-3-7-13(2)15(12)16-10-4-8-14-9-5-11-17-14/h3,6-7,14,16H,4-5,8-11H2,1-2H3. The Morgan fingerprint density at radius 2 is 2.06 bits per heavy atom. The van der Waals surface area contributed by atoms with Crippen molar-refractivity contribution in [3.8, 4) is 0 Å². The Kier molecular flexibility index (Phi) is 4.43. The molecule has 1 fully saturated rings. The van der Waals surface area contributed by atoms with Crippen LogP contribution in [0.15, 0.2) is 18.2 Å². The highest BCUT2D eigenvalue weighted by atomic mass is 16.5. The van der Waals surface area contributed by atoms with Crippen molar-refractivity contribution in [2.75, 3.05) is 18.5 Å². The van der Waals surface area contributed by atoms with Crippen LogP contribution >= 0.6 is 0 Å². The third kappa shape index (κ3) is 3.47. The number of aryl methyl sites for hydroxylation is 2. The first-order chi connectivity index (χ1) is 8.27. The molecular formula is C15H23NO. The molecule has 0 aliphatic carbocycles. The summed E-state index contributed by atoms with van der Waals surface area (Å²) >= 11 is 0. The summed E-state index contributed by atoms with van der Waals surface area (Å²) in [5.41, 5.74) is 3.98. The first kappa shape index (κ1) is 12.4. The van der Waals surface area contributed by atoms with E-state index in [9.17, 15) is 0 Å². The summed E-state index contributed by atoms with van der Waals surface area (Å²) in [6.45, 7) is 6.34. The number of anilines is 1. The molecule has 0 spiro atoms. The van der Waals surface area contributed by atoms with E-state index in [-0.39, 0.29) is 0 Å². The van der Waals surface area contributed by atoms with Gasteiger partial charge < -0.3 is 10.1 Å². The van der Waals surface area contributed by atoms with Gasteiger partial charge in [-0.25, -0.2) is 0 Å². The molecule has 1 aromatic carbocycles. The van der Waals surface area contributed by atoms with Crippen molar-refractivity contribution in [3.63, 3.8) is 0 Å². The second-order valence-electron chi connectivity index (χ2n) is 4.97. The van der Waals surface area contributed by atoms with Crippen molar-refractivity contribution in [3.05, 3.63) is 29.3 Å². The van der Waals surface area contributed by atoms with E-state index in [1.165, 1.54) is 42.5 Å².